The highest BCUT2D eigenvalue weighted by Crippen LogP contribution is 2.41. The zero-order chi connectivity index (χ0) is 22.2. The topological polar surface area (TPSA) is 87.6 Å². The summed E-state index contributed by atoms with van der Waals surface area (Å²) >= 11 is 0. The van der Waals surface area contributed by atoms with Crippen LogP contribution >= 0.6 is 0 Å². The molecule has 1 amide bonds. The molecular weight excluding hydrogens is 392 g/mol. The van der Waals surface area contributed by atoms with Crippen LogP contribution in [-0.2, 0) is 6.54 Å². The fourth-order valence-electron chi connectivity index (χ4n) is 4.02. The molecule has 7 nitrogen and oxygen atoms in total. The van der Waals surface area contributed by atoms with Crippen molar-refractivity contribution in [3.63, 3.8) is 0 Å². The second kappa shape index (κ2) is 8.46. The second-order valence-electron chi connectivity index (χ2n) is 9.46. The van der Waals surface area contributed by atoms with Gasteiger partial charge >= 0.3 is 0 Å². The molecule has 0 bridgehead atoms. The van der Waals surface area contributed by atoms with Crippen LogP contribution in [0, 0.1) is 0 Å². The molecule has 1 saturated heterocycles. The van der Waals surface area contributed by atoms with Gasteiger partial charge in [-0.25, -0.2) is 9.97 Å². The highest BCUT2D eigenvalue weighted by molar-refractivity contribution is 5.94. The summed E-state index contributed by atoms with van der Waals surface area (Å²) in [5.41, 5.74) is 1.97. The number of carbonyl (C=O) groups is 1. The first-order valence-electron chi connectivity index (χ1n) is 11.1. The Balaban J connectivity index is 1.40. The standard InChI is InChI=1S/C24H32N4O3/c1-15(2)31-20-10-16(9-18(11-20)17-5-6-17)12-25-23-26-13-19(14-27-23)22(29)28-8-7-21(28)24(3,4)30/h9-11,13-15,17,21,30H,5-8,12H2,1-4H3,(H,25,26,27). The average molecular weight is 425 g/mol. The van der Waals surface area contributed by atoms with Gasteiger partial charge in [0.2, 0.25) is 5.95 Å². The fourth-order valence-corrected chi connectivity index (χ4v) is 4.02. The van der Waals surface area contributed by atoms with Crippen molar-refractivity contribution in [2.45, 2.75) is 77.2 Å². The van der Waals surface area contributed by atoms with E-state index in [1.165, 1.54) is 18.4 Å². The van der Waals surface area contributed by atoms with Crippen molar-refractivity contribution in [3.05, 3.63) is 47.3 Å². The van der Waals surface area contributed by atoms with Gasteiger partial charge < -0.3 is 20.1 Å². The minimum atomic E-state index is -0.913. The van der Waals surface area contributed by atoms with E-state index in [0.717, 1.165) is 17.7 Å². The summed E-state index contributed by atoms with van der Waals surface area (Å²) in [5, 5.41) is 13.4. The van der Waals surface area contributed by atoms with Crippen molar-refractivity contribution >= 4 is 11.9 Å². The lowest BCUT2D eigenvalue weighted by atomic mass is 9.87. The molecule has 2 aliphatic rings. The molecule has 4 rings (SSSR count). The lowest BCUT2D eigenvalue weighted by Crippen LogP contribution is -2.60. The Morgan fingerprint density at radius 3 is 2.48 bits per heavy atom. The predicted octanol–water partition coefficient (Wildman–Crippen LogP) is 3.74. The number of ether oxygens (including phenoxy) is 1. The van der Waals surface area contributed by atoms with Gasteiger partial charge in [0.15, 0.2) is 0 Å². The van der Waals surface area contributed by atoms with E-state index in [2.05, 4.69) is 33.5 Å². The van der Waals surface area contributed by atoms with Gasteiger partial charge in [-0.3, -0.25) is 4.79 Å². The summed E-state index contributed by atoms with van der Waals surface area (Å²) in [6.07, 6.45) is 6.50. The lowest BCUT2D eigenvalue weighted by Gasteiger charge is -2.47. The average Bonchev–Trinajstić information content (AvgIpc) is 3.49. The van der Waals surface area contributed by atoms with Crippen molar-refractivity contribution in [3.8, 4) is 5.75 Å². The largest absolute Gasteiger partial charge is 0.491 e. The quantitative estimate of drug-likeness (QED) is 0.671. The van der Waals surface area contributed by atoms with Gasteiger partial charge in [0, 0.05) is 25.5 Å². The van der Waals surface area contributed by atoms with Crippen molar-refractivity contribution < 1.29 is 14.6 Å². The Hall–Kier alpha value is -2.67. The zero-order valence-corrected chi connectivity index (χ0v) is 18.8. The Morgan fingerprint density at radius 1 is 1.23 bits per heavy atom. The molecule has 2 aromatic rings. The molecule has 1 unspecified atom stereocenters. The third kappa shape index (κ3) is 5.15. The van der Waals surface area contributed by atoms with Crippen molar-refractivity contribution in [1.82, 2.24) is 14.9 Å². The number of amides is 1. The molecule has 1 aromatic carbocycles. The molecule has 0 spiro atoms. The van der Waals surface area contributed by atoms with Crippen molar-refractivity contribution in [2.75, 3.05) is 11.9 Å². The molecule has 1 aliphatic heterocycles. The van der Waals surface area contributed by atoms with Gasteiger partial charge in [-0.15, -0.1) is 0 Å². The predicted molar refractivity (Wildman–Crippen MR) is 119 cm³/mol. The molecule has 1 atom stereocenters. The first-order chi connectivity index (χ1) is 14.7. The van der Waals surface area contributed by atoms with E-state index in [0.29, 0.717) is 30.5 Å². The van der Waals surface area contributed by atoms with Crippen LogP contribution in [0.15, 0.2) is 30.6 Å². The van der Waals surface area contributed by atoms with Gasteiger partial charge in [0.1, 0.15) is 5.75 Å². The van der Waals surface area contributed by atoms with Crippen LogP contribution < -0.4 is 10.1 Å². The Labute approximate surface area is 183 Å². The maximum atomic E-state index is 12.7. The number of aromatic nitrogens is 2. The SMILES string of the molecule is CC(C)Oc1cc(CNc2ncc(C(=O)N3CCC3C(C)(C)O)cn2)cc(C2CC2)c1. The van der Waals surface area contributed by atoms with E-state index in [1.807, 2.05) is 13.8 Å². The molecular formula is C24H32N4O3. The van der Waals surface area contributed by atoms with Crippen LogP contribution in [0.5, 0.6) is 5.75 Å². The summed E-state index contributed by atoms with van der Waals surface area (Å²) in [4.78, 5) is 23.0. The molecule has 1 saturated carbocycles. The first kappa shape index (κ1) is 21.6. The maximum absolute atomic E-state index is 12.7. The van der Waals surface area contributed by atoms with E-state index >= 15 is 0 Å². The van der Waals surface area contributed by atoms with Crippen LogP contribution in [0.2, 0.25) is 0 Å². The third-order valence-electron chi connectivity index (χ3n) is 5.85. The number of rotatable bonds is 8. The van der Waals surface area contributed by atoms with Gasteiger partial charge in [0.05, 0.1) is 23.3 Å². The molecule has 166 valence electrons. The second-order valence-corrected chi connectivity index (χ2v) is 9.46. The highest BCUT2D eigenvalue weighted by atomic mass is 16.5. The monoisotopic (exact) mass is 424 g/mol. The van der Waals surface area contributed by atoms with E-state index < -0.39 is 5.60 Å². The van der Waals surface area contributed by atoms with Crippen LogP contribution in [0.4, 0.5) is 5.95 Å². The zero-order valence-electron chi connectivity index (χ0n) is 18.8. The normalized spacial score (nSPS) is 18.6. The van der Waals surface area contributed by atoms with E-state index in [-0.39, 0.29) is 18.1 Å². The highest BCUT2D eigenvalue weighted by Gasteiger charge is 2.42. The van der Waals surface area contributed by atoms with Crippen molar-refractivity contribution in [2.24, 2.45) is 0 Å². The molecule has 2 fully saturated rings. The Morgan fingerprint density at radius 2 is 1.94 bits per heavy atom. The third-order valence-corrected chi connectivity index (χ3v) is 5.85. The number of anilines is 1. The van der Waals surface area contributed by atoms with E-state index in [1.54, 1.807) is 31.1 Å². The van der Waals surface area contributed by atoms with Crippen LogP contribution in [0.3, 0.4) is 0 Å². The van der Waals surface area contributed by atoms with E-state index in [4.69, 9.17) is 4.74 Å². The summed E-state index contributed by atoms with van der Waals surface area (Å²) in [6, 6.07) is 6.25. The summed E-state index contributed by atoms with van der Waals surface area (Å²) in [6.45, 7) is 8.75. The Bertz CT molecular complexity index is 933. The van der Waals surface area contributed by atoms with Gasteiger partial charge in [-0.2, -0.15) is 0 Å². The number of hydrogen-bond acceptors (Lipinski definition) is 6. The summed E-state index contributed by atoms with van der Waals surface area (Å²) in [7, 11) is 0. The molecule has 31 heavy (non-hydrogen) atoms. The number of benzene rings is 1. The number of nitrogens with zero attached hydrogens (tertiary/aromatic N) is 3. The molecule has 1 aliphatic carbocycles. The van der Waals surface area contributed by atoms with Crippen LogP contribution in [0.25, 0.3) is 0 Å². The van der Waals surface area contributed by atoms with Crippen molar-refractivity contribution in [1.29, 1.82) is 0 Å². The fraction of sp³-hybridized carbons (Fsp3) is 0.542. The molecule has 7 heteroatoms. The molecule has 0 radical (unpaired) electrons. The molecule has 2 heterocycles. The minimum absolute atomic E-state index is 0.131. The summed E-state index contributed by atoms with van der Waals surface area (Å²) in [5.74, 6) is 1.87. The maximum Gasteiger partial charge on any atom is 0.257 e. The lowest BCUT2D eigenvalue weighted by molar-refractivity contribution is -0.0550. The number of likely N-dealkylation sites (tertiary alicyclic amines) is 1. The number of carbonyl (C=O) groups excluding carboxylic acids is 1. The van der Waals surface area contributed by atoms with E-state index in [9.17, 15) is 9.90 Å². The number of hydrogen-bond donors (Lipinski definition) is 2. The number of aliphatic hydroxyl groups is 1. The molecule has 2 N–H and O–H groups in total. The Kier molecular flexibility index (Phi) is 5.88. The summed E-state index contributed by atoms with van der Waals surface area (Å²) < 4.78 is 5.92. The smallest absolute Gasteiger partial charge is 0.257 e. The van der Waals surface area contributed by atoms with Gasteiger partial charge in [-0.05, 0) is 76.1 Å². The van der Waals surface area contributed by atoms with Crippen LogP contribution in [0.1, 0.15) is 74.4 Å². The first-order valence-corrected chi connectivity index (χ1v) is 11.1. The van der Waals surface area contributed by atoms with Gasteiger partial charge in [0.25, 0.3) is 5.91 Å². The van der Waals surface area contributed by atoms with Crippen LogP contribution in [-0.4, -0.2) is 50.2 Å². The molecule has 1 aromatic heterocycles. The van der Waals surface area contributed by atoms with Gasteiger partial charge in [-0.1, -0.05) is 6.07 Å². The minimum Gasteiger partial charge on any atom is -0.491 e. The number of nitrogens with one attached hydrogen (secondary N) is 1.